The lowest BCUT2D eigenvalue weighted by Gasteiger charge is -2.32. The van der Waals surface area contributed by atoms with Crippen molar-refractivity contribution < 1.29 is 0 Å². The molecule has 2 atom stereocenters. The molecule has 2 aliphatic heterocycles. The van der Waals surface area contributed by atoms with Crippen molar-refractivity contribution >= 4 is 27.8 Å². The number of aliphatic imine (C=N–C) groups is 1. The minimum Gasteiger partial charge on any atom is -0.312 e. The van der Waals surface area contributed by atoms with Gasteiger partial charge in [-0.05, 0) is 81.9 Å². The molecule has 1 aromatic carbocycles. The number of nitrogens with one attached hydrogen (secondary N) is 1. The van der Waals surface area contributed by atoms with Crippen LogP contribution in [0, 0.1) is 5.92 Å². The first-order valence-electron chi connectivity index (χ1n) is 9.19. The lowest BCUT2D eigenvalue weighted by molar-refractivity contribution is 0.263. The van der Waals surface area contributed by atoms with Crippen LogP contribution in [0.4, 0.5) is 0 Å². The maximum absolute atomic E-state index is 11.6. The van der Waals surface area contributed by atoms with E-state index < -0.39 is 0 Å². The number of benzene rings is 1. The second kappa shape index (κ2) is 6.89. The van der Waals surface area contributed by atoms with Gasteiger partial charge in [0, 0.05) is 6.21 Å². The molecule has 132 valence electrons. The van der Waals surface area contributed by atoms with Crippen LogP contribution < -0.4 is 4.87 Å². The summed E-state index contributed by atoms with van der Waals surface area (Å²) >= 11 is 1.30. The predicted octanol–water partition coefficient (Wildman–Crippen LogP) is 3.63. The first-order valence-corrected chi connectivity index (χ1v) is 10.0. The van der Waals surface area contributed by atoms with Crippen molar-refractivity contribution in [3.63, 3.8) is 0 Å². The van der Waals surface area contributed by atoms with Gasteiger partial charge in [0.2, 0.25) is 0 Å². The fourth-order valence-corrected chi connectivity index (χ4v) is 4.87. The van der Waals surface area contributed by atoms with E-state index in [0.717, 1.165) is 29.6 Å². The quantitative estimate of drug-likeness (QED) is 0.860. The Bertz CT molecular complexity index is 845. The number of likely N-dealkylation sites (tertiary alicyclic amines) is 1. The molecule has 3 heterocycles. The van der Waals surface area contributed by atoms with E-state index in [4.69, 9.17) is 4.99 Å². The van der Waals surface area contributed by atoms with Crippen LogP contribution in [0.25, 0.3) is 10.2 Å². The summed E-state index contributed by atoms with van der Waals surface area (Å²) < 4.78 is 1.05. The van der Waals surface area contributed by atoms with Crippen LogP contribution in [0.3, 0.4) is 0 Å². The fraction of sp³-hybridized carbons (Fsp3) is 0.500. The minimum atomic E-state index is -0.111. The van der Waals surface area contributed by atoms with Crippen LogP contribution in [-0.2, 0) is 6.42 Å². The zero-order chi connectivity index (χ0) is 17.3. The highest BCUT2D eigenvalue weighted by Crippen LogP contribution is 2.33. The van der Waals surface area contributed by atoms with Gasteiger partial charge in [0.25, 0.3) is 0 Å². The molecule has 0 aliphatic carbocycles. The van der Waals surface area contributed by atoms with Gasteiger partial charge in [0.05, 0.1) is 15.8 Å². The Balaban J connectivity index is 1.54. The number of fused-ring (bicyclic) bond motifs is 1. The van der Waals surface area contributed by atoms with Gasteiger partial charge in [0.15, 0.2) is 0 Å². The van der Waals surface area contributed by atoms with E-state index in [1.807, 2.05) is 12.3 Å². The van der Waals surface area contributed by atoms with Gasteiger partial charge in [-0.3, -0.25) is 9.79 Å². The number of allylic oxidation sites excluding steroid dienone is 1. The molecule has 4 nitrogen and oxygen atoms in total. The van der Waals surface area contributed by atoms with Crippen LogP contribution in [0.2, 0.25) is 0 Å². The summed E-state index contributed by atoms with van der Waals surface area (Å²) in [5.41, 5.74) is 2.13. The van der Waals surface area contributed by atoms with Crippen molar-refractivity contribution in [2.24, 2.45) is 10.9 Å². The van der Waals surface area contributed by atoms with Crippen LogP contribution >= 0.6 is 11.3 Å². The van der Waals surface area contributed by atoms with Crippen molar-refractivity contribution in [1.82, 2.24) is 9.88 Å². The molecule has 5 heteroatoms. The summed E-state index contributed by atoms with van der Waals surface area (Å²) in [4.78, 5) is 21.8. The van der Waals surface area contributed by atoms with Gasteiger partial charge in [-0.15, -0.1) is 0 Å². The summed E-state index contributed by atoms with van der Waals surface area (Å²) in [6.07, 6.45) is 11.1. The van der Waals surface area contributed by atoms with Crippen molar-refractivity contribution in [3.8, 4) is 0 Å². The largest absolute Gasteiger partial charge is 0.312 e. The summed E-state index contributed by atoms with van der Waals surface area (Å²) in [7, 11) is 0. The number of aromatic amines is 1. The molecule has 1 saturated heterocycles. The molecule has 2 unspecified atom stereocenters. The molecule has 4 rings (SSSR count). The third-order valence-electron chi connectivity index (χ3n) is 5.66. The Kier molecular flexibility index (Phi) is 4.61. The molecule has 1 fully saturated rings. The fourth-order valence-electron chi connectivity index (χ4n) is 4.07. The first-order chi connectivity index (χ1) is 12.1. The molecule has 0 saturated carbocycles. The van der Waals surface area contributed by atoms with Crippen molar-refractivity contribution in [1.29, 1.82) is 0 Å². The van der Waals surface area contributed by atoms with Gasteiger partial charge < -0.3 is 9.88 Å². The standard InChI is InChI=1S/C20H25N3OS/c1-20(8-4-9-21-20)16(7-12-23-10-2-3-11-23)13-15-5-6-17-18(14-15)25-19(24)22-17/h4-6,8-9,14,16H,2-3,7,10-13H2,1H3,(H,22,24). The van der Waals surface area contributed by atoms with Gasteiger partial charge >= 0.3 is 4.87 Å². The highest BCUT2D eigenvalue weighted by atomic mass is 32.1. The smallest absolute Gasteiger partial charge is 0.305 e. The molecule has 1 aromatic heterocycles. The molecule has 25 heavy (non-hydrogen) atoms. The van der Waals surface area contributed by atoms with Gasteiger partial charge in [-0.1, -0.05) is 23.5 Å². The van der Waals surface area contributed by atoms with E-state index in [-0.39, 0.29) is 10.4 Å². The number of nitrogens with zero attached hydrogens (tertiary/aromatic N) is 2. The molecule has 0 amide bonds. The molecular formula is C20H25N3OS. The molecule has 0 bridgehead atoms. The van der Waals surface area contributed by atoms with E-state index in [1.54, 1.807) is 0 Å². The molecule has 2 aliphatic rings. The molecule has 0 spiro atoms. The number of hydrogen-bond acceptors (Lipinski definition) is 4. The van der Waals surface area contributed by atoms with E-state index in [1.165, 1.54) is 42.8 Å². The average molecular weight is 356 g/mol. The second-order valence-corrected chi connectivity index (χ2v) is 8.46. The Hall–Kier alpha value is -1.72. The Labute approximate surface area is 152 Å². The Morgan fingerprint density at radius 1 is 1.36 bits per heavy atom. The van der Waals surface area contributed by atoms with E-state index >= 15 is 0 Å². The van der Waals surface area contributed by atoms with Gasteiger partial charge in [-0.25, -0.2) is 0 Å². The van der Waals surface area contributed by atoms with Crippen LogP contribution in [0.15, 0.2) is 40.1 Å². The lowest BCUT2D eigenvalue weighted by atomic mass is 9.80. The summed E-state index contributed by atoms with van der Waals surface area (Å²) in [5, 5.41) is 0. The normalized spacial score (nSPS) is 24.5. The highest BCUT2D eigenvalue weighted by Gasteiger charge is 2.33. The van der Waals surface area contributed by atoms with Crippen LogP contribution in [0.1, 0.15) is 31.7 Å². The van der Waals surface area contributed by atoms with Crippen molar-refractivity contribution in [2.75, 3.05) is 19.6 Å². The molecule has 1 N–H and O–H groups in total. The molecular weight excluding hydrogens is 330 g/mol. The first kappa shape index (κ1) is 16.7. The minimum absolute atomic E-state index is 0.0213. The zero-order valence-corrected chi connectivity index (χ0v) is 15.5. The average Bonchev–Trinajstić information content (AvgIpc) is 3.31. The third kappa shape index (κ3) is 3.62. The van der Waals surface area contributed by atoms with Crippen molar-refractivity contribution in [3.05, 3.63) is 45.6 Å². The Morgan fingerprint density at radius 3 is 2.96 bits per heavy atom. The summed E-state index contributed by atoms with van der Waals surface area (Å²) in [6.45, 7) is 5.88. The number of hydrogen-bond donors (Lipinski definition) is 1. The third-order valence-corrected chi connectivity index (χ3v) is 6.50. The van der Waals surface area contributed by atoms with E-state index in [2.05, 4.69) is 41.1 Å². The Morgan fingerprint density at radius 2 is 2.20 bits per heavy atom. The maximum atomic E-state index is 11.6. The number of rotatable bonds is 6. The summed E-state index contributed by atoms with van der Waals surface area (Å²) in [5.74, 6) is 0.469. The lowest BCUT2D eigenvalue weighted by Crippen LogP contribution is -2.34. The van der Waals surface area contributed by atoms with Crippen molar-refractivity contribution in [2.45, 2.75) is 38.1 Å². The summed E-state index contributed by atoms with van der Waals surface area (Å²) in [6, 6.07) is 6.36. The highest BCUT2D eigenvalue weighted by molar-refractivity contribution is 7.16. The maximum Gasteiger partial charge on any atom is 0.305 e. The molecule has 2 aromatic rings. The number of aromatic nitrogens is 1. The zero-order valence-electron chi connectivity index (χ0n) is 14.7. The number of H-pyrrole nitrogens is 1. The van der Waals surface area contributed by atoms with E-state index in [9.17, 15) is 4.79 Å². The van der Waals surface area contributed by atoms with Gasteiger partial charge in [-0.2, -0.15) is 0 Å². The van der Waals surface area contributed by atoms with E-state index in [0.29, 0.717) is 5.92 Å². The molecule has 0 radical (unpaired) electrons. The SMILES string of the molecule is CC1(C(CCN2CCCC2)Cc2ccc3[nH]c(=O)sc3c2)C=CC=N1. The van der Waals surface area contributed by atoms with Gasteiger partial charge in [0.1, 0.15) is 0 Å². The van der Waals surface area contributed by atoms with Crippen LogP contribution in [0.5, 0.6) is 0 Å². The monoisotopic (exact) mass is 355 g/mol. The second-order valence-electron chi connectivity index (χ2n) is 7.45. The predicted molar refractivity (Wildman–Crippen MR) is 106 cm³/mol. The van der Waals surface area contributed by atoms with Crippen LogP contribution in [-0.4, -0.2) is 41.3 Å². The number of thiazole rings is 1. The topological polar surface area (TPSA) is 48.5 Å².